The molecule has 0 aliphatic carbocycles. The van der Waals surface area contributed by atoms with E-state index in [-0.39, 0.29) is 23.0 Å². The molecule has 17 heteroatoms. The lowest BCUT2D eigenvalue weighted by atomic mass is 10.5. The fourth-order valence-corrected chi connectivity index (χ4v) is 10.8. The third-order valence-corrected chi connectivity index (χ3v) is 14.3. The number of carbonyl (C=O) groups is 2. The summed E-state index contributed by atoms with van der Waals surface area (Å²) in [5.74, 6) is 8.97. The molecule has 0 aliphatic rings. The lowest BCUT2D eigenvalue weighted by molar-refractivity contribution is -0.289. The highest BCUT2D eigenvalue weighted by atomic mass is 32.2. The summed E-state index contributed by atoms with van der Waals surface area (Å²) in [5.41, 5.74) is 0. The molecule has 41 heavy (non-hydrogen) atoms. The number of aliphatic hydroxyl groups is 2. The second-order valence-corrected chi connectivity index (χ2v) is 19.1. The number of thioether (sulfide) groups is 8. The summed E-state index contributed by atoms with van der Waals surface area (Å²) < 4.78 is 17.3. The Hall–Kier alpha value is 1.93. The molecule has 0 rings (SSSR count). The highest BCUT2D eigenvalue weighted by molar-refractivity contribution is 8.16. The maximum absolute atomic E-state index is 12.2. The first-order valence-electron chi connectivity index (χ1n) is 13.3. The zero-order valence-electron chi connectivity index (χ0n) is 23.6. The Labute approximate surface area is 283 Å². The van der Waals surface area contributed by atoms with E-state index < -0.39 is 10.8 Å². The lowest BCUT2D eigenvalue weighted by Crippen LogP contribution is -2.09. The number of carbonyl (C=O) groups excluding carboxylic acids is 2. The van der Waals surface area contributed by atoms with E-state index in [4.69, 9.17) is 24.7 Å². The van der Waals surface area contributed by atoms with Crippen LogP contribution < -0.4 is 0 Å². The van der Waals surface area contributed by atoms with Crippen LogP contribution in [0, 0.1) is 0 Å². The van der Waals surface area contributed by atoms with E-state index in [1.165, 1.54) is 35.3 Å². The molecule has 2 N–H and O–H groups in total. The van der Waals surface area contributed by atoms with Gasteiger partial charge in [-0.3, -0.25) is 13.8 Å². The fraction of sp³-hybridized carbons (Fsp3) is 0.917. The quantitative estimate of drug-likeness (QED) is 0.0308. The van der Waals surface area contributed by atoms with E-state index in [1.54, 1.807) is 58.8 Å². The van der Waals surface area contributed by atoms with Crippen molar-refractivity contribution in [1.82, 2.24) is 0 Å². The standard InChI is InChI=1S/C24H46O8S9/c25-19-38-21-36-12-6-30-23(27)3-10-34-9-2-17-41(29)18-16-35-14-15-40-24(28)4-11-33-8-1-5-31-32-7-13-37-22-39-20-26/h25-26H,1-22H2. The molecule has 0 aromatic carbocycles. The fourth-order valence-electron chi connectivity index (χ4n) is 2.51. The van der Waals surface area contributed by atoms with Gasteiger partial charge < -0.3 is 14.9 Å². The van der Waals surface area contributed by atoms with Gasteiger partial charge in [0.1, 0.15) is 6.61 Å². The highest BCUT2D eigenvalue weighted by Gasteiger charge is 2.06. The summed E-state index contributed by atoms with van der Waals surface area (Å²) >= 11 is 12.9. The molecule has 0 bridgehead atoms. The monoisotopic (exact) mass is 750 g/mol. The first-order chi connectivity index (χ1) is 20.1. The van der Waals surface area contributed by atoms with Crippen molar-refractivity contribution in [2.45, 2.75) is 25.7 Å². The Bertz CT molecular complexity index is 624. The van der Waals surface area contributed by atoms with Crippen molar-refractivity contribution in [3.63, 3.8) is 0 Å². The van der Waals surface area contributed by atoms with Crippen LogP contribution in [0.5, 0.6) is 0 Å². The van der Waals surface area contributed by atoms with E-state index in [1.807, 2.05) is 0 Å². The number of aliphatic hydroxyl groups excluding tert-OH is 2. The molecule has 0 saturated heterocycles. The van der Waals surface area contributed by atoms with Gasteiger partial charge in [-0.15, -0.1) is 47.0 Å². The first-order valence-corrected chi connectivity index (χ1v) is 23.8. The Balaban J connectivity index is 3.33. The maximum atomic E-state index is 12.2. The zero-order valence-corrected chi connectivity index (χ0v) is 30.9. The predicted molar refractivity (Wildman–Crippen MR) is 193 cm³/mol. The van der Waals surface area contributed by atoms with Gasteiger partial charge in [0, 0.05) is 79.2 Å². The molecule has 0 aliphatic heterocycles. The van der Waals surface area contributed by atoms with Crippen LogP contribution in [0.2, 0.25) is 0 Å². The van der Waals surface area contributed by atoms with E-state index in [0.29, 0.717) is 44.2 Å². The third kappa shape index (κ3) is 36.3. The van der Waals surface area contributed by atoms with Gasteiger partial charge in [-0.1, -0.05) is 11.8 Å². The number of rotatable bonds is 33. The van der Waals surface area contributed by atoms with Crippen LogP contribution in [0.1, 0.15) is 25.7 Å². The second-order valence-electron chi connectivity index (χ2n) is 7.70. The van der Waals surface area contributed by atoms with Crippen LogP contribution in [0.4, 0.5) is 0 Å². The van der Waals surface area contributed by atoms with Crippen LogP contribution in [-0.2, 0) is 34.9 Å². The van der Waals surface area contributed by atoms with Crippen LogP contribution in [0.15, 0.2) is 0 Å². The van der Waals surface area contributed by atoms with Crippen LogP contribution in [-0.4, -0.2) is 131 Å². The van der Waals surface area contributed by atoms with E-state index in [0.717, 1.165) is 74.8 Å². The molecule has 0 fully saturated rings. The van der Waals surface area contributed by atoms with Gasteiger partial charge in [-0.25, -0.2) is 9.78 Å². The lowest BCUT2D eigenvalue weighted by Gasteiger charge is -2.05. The van der Waals surface area contributed by atoms with Gasteiger partial charge in [0.15, 0.2) is 5.12 Å². The average Bonchev–Trinajstić information content (AvgIpc) is 2.96. The second kappa shape index (κ2) is 36.4. The van der Waals surface area contributed by atoms with Crippen molar-refractivity contribution >= 4 is 116 Å². The van der Waals surface area contributed by atoms with Crippen LogP contribution >= 0.6 is 94.1 Å². The van der Waals surface area contributed by atoms with Crippen LogP contribution in [0.3, 0.4) is 0 Å². The summed E-state index contributed by atoms with van der Waals surface area (Å²) in [7, 11) is -0.817. The zero-order chi connectivity index (χ0) is 30.1. The van der Waals surface area contributed by atoms with Crippen molar-refractivity contribution in [2.24, 2.45) is 0 Å². The van der Waals surface area contributed by atoms with E-state index in [9.17, 15) is 13.8 Å². The summed E-state index contributed by atoms with van der Waals surface area (Å²) in [6.45, 7) is 1.51. The predicted octanol–water partition coefficient (Wildman–Crippen LogP) is 4.99. The van der Waals surface area contributed by atoms with Gasteiger partial charge in [-0.05, 0) is 24.3 Å². The number of ether oxygens (including phenoxy) is 1. The Morgan fingerprint density at radius 2 is 1.22 bits per heavy atom. The van der Waals surface area contributed by atoms with Gasteiger partial charge in [0.25, 0.3) is 0 Å². The number of esters is 1. The van der Waals surface area contributed by atoms with Gasteiger partial charge in [0.05, 0.1) is 31.5 Å². The smallest absolute Gasteiger partial charge is 0.306 e. The molecule has 1 unspecified atom stereocenters. The van der Waals surface area contributed by atoms with Crippen molar-refractivity contribution < 1.29 is 38.5 Å². The number of hydrogen-bond donors (Lipinski definition) is 2. The molecule has 0 aromatic rings. The molecule has 1 atom stereocenters. The third-order valence-electron chi connectivity index (χ3n) is 4.43. The molecule has 244 valence electrons. The summed E-state index contributed by atoms with van der Waals surface area (Å²) in [6.07, 6.45) is 2.75. The summed E-state index contributed by atoms with van der Waals surface area (Å²) in [4.78, 5) is 33.9. The first kappa shape index (κ1) is 42.9. The van der Waals surface area contributed by atoms with Gasteiger partial charge >= 0.3 is 5.97 Å². The molecule has 0 radical (unpaired) electrons. The molecular weight excluding hydrogens is 705 g/mol. The molecule has 0 spiro atoms. The molecular formula is C24H46O8S9. The van der Waals surface area contributed by atoms with E-state index in [2.05, 4.69) is 0 Å². The van der Waals surface area contributed by atoms with Crippen molar-refractivity contribution in [1.29, 1.82) is 0 Å². The molecule has 0 heterocycles. The normalized spacial score (nSPS) is 12.0. The summed E-state index contributed by atoms with van der Waals surface area (Å²) in [6, 6.07) is 0. The Morgan fingerprint density at radius 1 is 0.585 bits per heavy atom. The topological polar surface area (TPSA) is 119 Å². The Kier molecular flexibility index (Phi) is 38.1. The minimum absolute atomic E-state index is 0.115. The minimum Gasteiger partial charge on any atom is -0.465 e. The maximum Gasteiger partial charge on any atom is 0.306 e. The van der Waals surface area contributed by atoms with Crippen molar-refractivity contribution in [2.75, 3.05) is 105 Å². The van der Waals surface area contributed by atoms with E-state index >= 15 is 0 Å². The highest BCUT2D eigenvalue weighted by Crippen LogP contribution is 2.14. The molecule has 8 nitrogen and oxygen atoms in total. The SMILES string of the molecule is O=C(CCSCCCS(=O)CCSCCSC(=O)CCSCCCOOCCSCSCO)OCCSCSCO. The van der Waals surface area contributed by atoms with Crippen LogP contribution in [0.25, 0.3) is 0 Å². The summed E-state index contributed by atoms with van der Waals surface area (Å²) in [5, 5.41) is 19.2. The molecule has 0 saturated carbocycles. The van der Waals surface area contributed by atoms with Crippen molar-refractivity contribution in [3.8, 4) is 0 Å². The van der Waals surface area contributed by atoms with Crippen molar-refractivity contribution in [3.05, 3.63) is 0 Å². The largest absolute Gasteiger partial charge is 0.465 e. The average molecular weight is 751 g/mol. The Morgan fingerprint density at radius 3 is 1.95 bits per heavy atom. The number of hydrogen-bond acceptors (Lipinski definition) is 16. The van der Waals surface area contributed by atoms with Gasteiger partial charge in [0.2, 0.25) is 0 Å². The molecule has 0 amide bonds. The van der Waals surface area contributed by atoms with Gasteiger partial charge in [-0.2, -0.15) is 35.3 Å². The minimum atomic E-state index is -0.817. The molecule has 0 aromatic heterocycles.